The summed E-state index contributed by atoms with van der Waals surface area (Å²) in [6.07, 6.45) is 13.3. The zero-order chi connectivity index (χ0) is 26.4. The van der Waals surface area contributed by atoms with Gasteiger partial charge in [0.05, 0.1) is 16.9 Å². The zero-order valence-electron chi connectivity index (χ0n) is 21.6. The van der Waals surface area contributed by atoms with Crippen LogP contribution in [0.5, 0.6) is 0 Å². The van der Waals surface area contributed by atoms with Gasteiger partial charge in [0.2, 0.25) is 0 Å². The Hall–Kier alpha value is -3.59. The molecule has 2 N–H and O–H groups in total. The highest BCUT2D eigenvalue weighted by Gasteiger charge is 2.15. The molecule has 37 heavy (non-hydrogen) atoms. The van der Waals surface area contributed by atoms with Gasteiger partial charge >= 0.3 is 0 Å². The van der Waals surface area contributed by atoms with Gasteiger partial charge in [-0.3, -0.25) is 0 Å². The van der Waals surface area contributed by atoms with Crippen LogP contribution in [0.4, 0.5) is 0 Å². The fourth-order valence-electron chi connectivity index (χ4n) is 4.17. The van der Waals surface area contributed by atoms with E-state index in [-0.39, 0.29) is 0 Å². The molecule has 1 unspecified atom stereocenters. The lowest BCUT2D eigenvalue weighted by atomic mass is 10.00. The standard InChI is InChI=1S/C29H33N5O2S/c1-5-9-23(36-17-16-33(3)4)13-12-21(6-2)22-18-31-29-27(19-32-34(29)20-22)25-14-15-28(37(30)35)26-11-8-7-10-24(25)26/h6-8,10-15,18-20H,2,5,9,16-17,30H2,1,3-4H3/b21-12+,23-13+. The van der Waals surface area contributed by atoms with Gasteiger partial charge in [-0.25, -0.2) is 18.8 Å². The first-order chi connectivity index (χ1) is 17.9. The van der Waals surface area contributed by atoms with Crippen molar-refractivity contribution in [2.75, 3.05) is 27.2 Å². The van der Waals surface area contributed by atoms with Crippen LogP contribution in [-0.2, 0) is 15.7 Å². The molecular formula is C29H33N5O2S. The summed E-state index contributed by atoms with van der Waals surface area (Å²) < 4.78 is 19.8. The van der Waals surface area contributed by atoms with Crippen molar-refractivity contribution in [3.8, 4) is 11.1 Å². The van der Waals surface area contributed by atoms with E-state index < -0.39 is 11.0 Å². The van der Waals surface area contributed by atoms with E-state index in [0.717, 1.165) is 63.8 Å². The minimum atomic E-state index is -1.57. The average molecular weight is 516 g/mol. The first-order valence-corrected chi connectivity index (χ1v) is 13.5. The third kappa shape index (κ3) is 6.05. The monoisotopic (exact) mass is 515 g/mol. The fraction of sp³-hybridized carbons (Fsp3) is 0.241. The molecule has 0 fully saturated rings. The van der Waals surface area contributed by atoms with Crippen molar-refractivity contribution in [3.05, 3.63) is 91.1 Å². The van der Waals surface area contributed by atoms with Crippen LogP contribution in [0.1, 0.15) is 25.3 Å². The van der Waals surface area contributed by atoms with Crippen molar-refractivity contribution in [1.82, 2.24) is 19.5 Å². The molecule has 0 radical (unpaired) electrons. The van der Waals surface area contributed by atoms with Crippen molar-refractivity contribution >= 4 is 33.0 Å². The highest BCUT2D eigenvalue weighted by molar-refractivity contribution is 7.83. The average Bonchev–Trinajstić information content (AvgIpc) is 3.31. The largest absolute Gasteiger partial charge is 0.497 e. The second-order valence-electron chi connectivity index (χ2n) is 8.98. The molecule has 1 atom stereocenters. The van der Waals surface area contributed by atoms with E-state index in [2.05, 4.69) is 23.5 Å². The van der Waals surface area contributed by atoms with Gasteiger partial charge in [0.15, 0.2) is 5.65 Å². The summed E-state index contributed by atoms with van der Waals surface area (Å²) in [6.45, 7) is 7.65. The quantitative estimate of drug-likeness (QED) is 0.215. The van der Waals surface area contributed by atoms with E-state index in [1.807, 2.05) is 87.3 Å². The normalized spacial score (nSPS) is 13.4. The molecule has 192 valence electrons. The first-order valence-electron chi connectivity index (χ1n) is 12.3. The molecule has 0 spiro atoms. The van der Waals surface area contributed by atoms with E-state index in [4.69, 9.17) is 14.9 Å². The third-order valence-electron chi connectivity index (χ3n) is 6.07. The van der Waals surface area contributed by atoms with E-state index in [1.54, 1.807) is 4.52 Å². The number of benzene rings is 2. The summed E-state index contributed by atoms with van der Waals surface area (Å²) >= 11 is 0. The Morgan fingerprint density at radius 3 is 2.62 bits per heavy atom. The number of aromatic nitrogens is 3. The van der Waals surface area contributed by atoms with Gasteiger partial charge in [0, 0.05) is 36.5 Å². The maximum atomic E-state index is 12.0. The molecule has 2 heterocycles. The Morgan fingerprint density at radius 1 is 1.14 bits per heavy atom. The van der Waals surface area contributed by atoms with Crippen LogP contribution in [0.3, 0.4) is 0 Å². The molecule has 8 heteroatoms. The van der Waals surface area contributed by atoms with Crippen molar-refractivity contribution in [3.63, 3.8) is 0 Å². The number of hydrogen-bond donors (Lipinski definition) is 1. The maximum Gasteiger partial charge on any atom is 0.162 e. The lowest BCUT2D eigenvalue weighted by Gasteiger charge is -2.13. The van der Waals surface area contributed by atoms with Crippen LogP contribution in [0.15, 0.2) is 90.5 Å². The molecule has 0 aliphatic heterocycles. The molecule has 0 saturated carbocycles. The second kappa shape index (κ2) is 12.1. The number of rotatable bonds is 11. The van der Waals surface area contributed by atoms with E-state index in [9.17, 15) is 4.21 Å². The van der Waals surface area contributed by atoms with Gasteiger partial charge in [0.1, 0.15) is 17.6 Å². The van der Waals surface area contributed by atoms with Gasteiger partial charge in [0.25, 0.3) is 0 Å². The Labute approximate surface area is 220 Å². The number of nitrogens with two attached hydrogens (primary N) is 1. The number of allylic oxidation sites excluding steroid dienone is 5. The van der Waals surface area contributed by atoms with E-state index in [1.165, 1.54) is 0 Å². The minimum Gasteiger partial charge on any atom is -0.497 e. The Morgan fingerprint density at radius 2 is 1.92 bits per heavy atom. The predicted molar refractivity (Wildman–Crippen MR) is 152 cm³/mol. The van der Waals surface area contributed by atoms with Gasteiger partial charge in [-0.15, -0.1) is 0 Å². The summed E-state index contributed by atoms with van der Waals surface area (Å²) in [5.41, 5.74) is 4.41. The number of nitrogens with zero attached hydrogens (tertiary/aromatic N) is 4. The van der Waals surface area contributed by atoms with Gasteiger partial charge < -0.3 is 9.64 Å². The van der Waals surface area contributed by atoms with Crippen LogP contribution in [0.25, 0.3) is 33.1 Å². The Balaban J connectivity index is 1.69. The number of likely N-dealkylation sites (N-methyl/N-ethyl adjacent to an activating group) is 1. The molecule has 0 aliphatic carbocycles. The molecule has 0 aliphatic rings. The first kappa shape index (κ1) is 26.5. The lowest BCUT2D eigenvalue weighted by Crippen LogP contribution is -2.17. The highest BCUT2D eigenvalue weighted by Crippen LogP contribution is 2.33. The Bertz CT molecular complexity index is 1500. The number of ether oxygens (including phenoxy) is 1. The van der Waals surface area contributed by atoms with Crippen LogP contribution in [-0.4, -0.2) is 51.0 Å². The fourth-order valence-corrected chi connectivity index (χ4v) is 4.77. The number of hydrogen-bond acceptors (Lipinski definition) is 5. The second-order valence-corrected chi connectivity index (χ2v) is 10.0. The topological polar surface area (TPSA) is 85.7 Å². The molecule has 4 rings (SSSR count). The lowest BCUT2D eigenvalue weighted by molar-refractivity contribution is 0.175. The molecule has 2 aromatic heterocycles. The summed E-state index contributed by atoms with van der Waals surface area (Å²) in [7, 11) is 2.49. The van der Waals surface area contributed by atoms with Crippen LogP contribution in [0.2, 0.25) is 0 Å². The van der Waals surface area contributed by atoms with Gasteiger partial charge in [-0.05, 0) is 54.6 Å². The van der Waals surface area contributed by atoms with Crippen molar-refractivity contribution in [1.29, 1.82) is 0 Å². The predicted octanol–water partition coefficient (Wildman–Crippen LogP) is 5.36. The maximum absolute atomic E-state index is 12.0. The van der Waals surface area contributed by atoms with Crippen molar-refractivity contribution in [2.24, 2.45) is 5.14 Å². The summed E-state index contributed by atoms with van der Waals surface area (Å²) in [5.74, 6) is 0.952. The van der Waals surface area contributed by atoms with Crippen LogP contribution in [0, 0.1) is 0 Å². The number of fused-ring (bicyclic) bond motifs is 2. The molecule has 0 bridgehead atoms. The van der Waals surface area contributed by atoms with Crippen LogP contribution < -0.4 is 5.14 Å². The van der Waals surface area contributed by atoms with E-state index >= 15 is 0 Å². The van der Waals surface area contributed by atoms with Gasteiger partial charge in [-0.1, -0.05) is 56.0 Å². The van der Waals surface area contributed by atoms with Crippen molar-refractivity contribution in [2.45, 2.75) is 24.7 Å². The molecule has 7 nitrogen and oxygen atoms in total. The molecular weight excluding hydrogens is 482 g/mol. The highest BCUT2D eigenvalue weighted by atomic mass is 32.2. The molecule has 2 aromatic carbocycles. The smallest absolute Gasteiger partial charge is 0.162 e. The van der Waals surface area contributed by atoms with Crippen molar-refractivity contribution < 1.29 is 8.95 Å². The SMILES string of the molecule is C=C/C(=C\C=C(/CCC)OCCN(C)C)c1cnc2c(-c3ccc(S(N)=O)c4ccccc34)cnn2c1. The van der Waals surface area contributed by atoms with Gasteiger partial charge in [-0.2, -0.15) is 5.10 Å². The third-order valence-corrected chi connectivity index (χ3v) is 6.86. The summed E-state index contributed by atoms with van der Waals surface area (Å²) in [4.78, 5) is 7.46. The molecule has 4 aromatic rings. The summed E-state index contributed by atoms with van der Waals surface area (Å²) in [6, 6.07) is 11.5. The molecule has 0 saturated heterocycles. The Kier molecular flexibility index (Phi) is 8.66. The molecule has 0 amide bonds. The van der Waals surface area contributed by atoms with Crippen LogP contribution >= 0.6 is 0 Å². The zero-order valence-corrected chi connectivity index (χ0v) is 22.4. The minimum absolute atomic E-state index is 0.605. The summed E-state index contributed by atoms with van der Waals surface area (Å²) in [5, 5.41) is 12.1. The van der Waals surface area contributed by atoms with E-state index in [0.29, 0.717) is 11.5 Å².